The minimum absolute atomic E-state index is 0.0907. The summed E-state index contributed by atoms with van der Waals surface area (Å²) in [5.74, 6) is -2.04. The Morgan fingerprint density at radius 1 is 1.09 bits per heavy atom. The zero-order chi connectivity index (χ0) is 23.7. The van der Waals surface area contributed by atoms with E-state index in [1.807, 2.05) is 32.0 Å². The number of hydrogen-bond donors (Lipinski definition) is 1. The molecule has 1 amide bonds. The van der Waals surface area contributed by atoms with Crippen molar-refractivity contribution >= 4 is 23.1 Å². The first-order valence-electron chi connectivity index (χ1n) is 10.3. The second kappa shape index (κ2) is 8.66. The van der Waals surface area contributed by atoms with Gasteiger partial charge in [0.25, 0.3) is 17.4 Å². The van der Waals surface area contributed by atoms with Crippen LogP contribution in [-0.2, 0) is 16.1 Å². The van der Waals surface area contributed by atoms with Crippen molar-refractivity contribution in [3.63, 3.8) is 0 Å². The van der Waals surface area contributed by atoms with Crippen molar-refractivity contribution in [2.75, 3.05) is 0 Å². The lowest BCUT2D eigenvalue weighted by Gasteiger charge is -2.26. The van der Waals surface area contributed by atoms with Gasteiger partial charge in [-0.2, -0.15) is 0 Å². The van der Waals surface area contributed by atoms with E-state index in [0.29, 0.717) is 5.56 Å². The van der Waals surface area contributed by atoms with E-state index >= 15 is 0 Å². The quantitative estimate of drug-likeness (QED) is 0.208. The van der Waals surface area contributed by atoms with Gasteiger partial charge in [0.05, 0.1) is 16.5 Å². The molecule has 3 aromatic rings. The van der Waals surface area contributed by atoms with Crippen LogP contribution in [0.15, 0.2) is 72.6 Å². The second-order valence-electron chi connectivity index (χ2n) is 7.94. The Hall–Kier alpha value is -4.33. The lowest BCUT2D eigenvalue weighted by molar-refractivity contribution is -0.384. The van der Waals surface area contributed by atoms with E-state index in [9.17, 15) is 24.8 Å². The summed E-state index contributed by atoms with van der Waals surface area (Å²) in [6, 6.07) is 13.7. The average Bonchev–Trinajstić information content (AvgIpc) is 3.06. The van der Waals surface area contributed by atoms with E-state index in [2.05, 4.69) is 4.98 Å². The Morgan fingerprint density at radius 3 is 2.52 bits per heavy atom. The SMILES string of the molecule is Cc1ccc(C)c(CN2C(=O)C(=O)/C(=C(\O)c3cccc([N+](=O)[O-])c3)C2c2ccncc2)c1. The number of aliphatic hydroxyl groups excluding tert-OH is 1. The number of carbonyl (C=O) groups is 2. The molecular formula is C25H21N3O5. The number of aromatic nitrogens is 1. The van der Waals surface area contributed by atoms with Crippen molar-refractivity contribution in [1.29, 1.82) is 0 Å². The van der Waals surface area contributed by atoms with Gasteiger partial charge < -0.3 is 10.0 Å². The molecule has 2 aromatic carbocycles. The summed E-state index contributed by atoms with van der Waals surface area (Å²) in [6.07, 6.45) is 3.08. The van der Waals surface area contributed by atoms with Gasteiger partial charge >= 0.3 is 0 Å². The van der Waals surface area contributed by atoms with Gasteiger partial charge in [-0.1, -0.05) is 35.9 Å². The van der Waals surface area contributed by atoms with Crippen molar-refractivity contribution < 1.29 is 19.6 Å². The maximum absolute atomic E-state index is 13.1. The molecule has 1 unspecified atom stereocenters. The molecule has 1 fully saturated rings. The molecule has 8 heteroatoms. The van der Waals surface area contributed by atoms with Gasteiger partial charge in [-0.25, -0.2) is 0 Å². The normalized spacial score (nSPS) is 17.4. The third-order valence-electron chi connectivity index (χ3n) is 5.74. The third kappa shape index (κ3) is 4.10. The highest BCUT2D eigenvalue weighted by Crippen LogP contribution is 2.40. The van der Waals surface area contributed by atoms with Gasteiger partial charge in [0.2, 0.25) is 0 Å². The van der Waals surface area contributed by atoms with Crippen molar-refractivity contribution in [2.24, 2.45) is 0 Å². The number of rotatable bonds is 5. The van der Waals surface area contributed by atoms with Crippen LogP contribution in [0.4, 0.5) is 5.69 Å². The highest BCUT2D eigenvalue weighted by atomic mass is 16.6. The van der Waals surface area contributed by atoms with Crippen LogP contribution in [0.2, 0.25) is 0 Å². The summed E-state index contributed by atoms with van der Waals surface area (Å²) in [6.45, 7) is 4.03. The second-order valence-corrected chi connectivity index (χ2v) is 7.94. The van der Waals surface area contributed by atoms with Crippen LogP contribution in [-0.4, -0.2) is 31.6 Å². The number of hydrogen-bond acceptors (Lipinski definition) is 6. The lowest BCUT2D eigenvalue weighted by Crippen LogP contribution is -2.29. The smallest absolute Gasteiger partial charge is 0.295 e. The number of carbonyl (C=O) groups excluding carboxylic acids is 2. The first-order chi connectivity index (χ1) is 15.8. The molecule has 1 aliphatic heterocycles. The predicted molar refractivity (Wildman–Crippen MR) is 121 cm³/mol. The summed E-state index contributed by atoms with van der Waals surface area (Å²) in [5.41, 5.74) is 3.21. The van der Waals surface area contributed by atoms with Crippen LogP contribution >= 0.6 is 0 Å². The van der Waals surface area contributed by atoms with Crippen LogP contribution in [0, 0.1) is 24.0 Å². The van der Waals surface area contributed by atoms with E-state index in [1.165, 1.54) is 29.2 Å². The van der Waals surface area contributed by atoms with Gasteiger partial charge in [-0.15, -0.1) is 0 Å². The number of ketones is 1. The molecule has 1 saturated heterocycles. The Bertz CT molecular complexity index is 1300. The summed E-state index contributed by atoms with van der Waals surface area (Å²) < 4.78 is 0. The molecule has 1 N–H and O–H groups in total. The molecule has 1 aromatic heterocycles. The van der Waals surface area contributed by atoms with E-state index in [1.54, 1.807) is 24.5 Å². The molecule has 4 rings (SSSR count). The number of amides is 1. The zero-order valence-corrected chi connectivity index (χ0v) is 18.1. The van der Waals surface area contributed by atoms with E-state index in [0.717, 1.165) is 16.7 Å². The molecule has 1 aliphatic rings. The molecule has 166 valence electrons. The average molecular weight is 443 g/mol. The number of Topliss-reactive ketones (excluding diaryl/α,β-unsaturated/α-hetero) is 1. The number of aryl methyl sites for hydroxylation is 2. The third-order valence-corrected chi connectivity index (χ3v) is 5.74. The molecule has 0 radical (unpaired) electrons. The fraction of sp³-hybridized carbons (Fsp3) is 0.160. The van der Waals surface area contributed by atoms with E-state index in [4.69, 9.17) is 0 Å². The van der Waals surface area contributed by atoms with Gasteiger partial charge in [-0.05, 0) is 42.7 Å². The Labute approximate surface area is 190 Å². The fourth-order valence-corrected chi connectivity index (χ4v) is 4.01. The van der Waals surface area contributed by atoms with Gasteiger partial charge in [-0.3, -0.25) is 24.7 Å². The monoisotopic (exact) mass is 443 g/mol. The maximum Gasteiger partial charge on any atom is 0.295 e. The first-order valence-corrected chi connectivity index (χ1v) is 10.3. The molecule has 33 heavy (non-hydrogen) atoms. The highest BCUT2D eigenvalue weighted by molar-refractivity contribution is 6.46. The van der Waals surface area contributed by atoms with Crippen molar-refractivity contribution in [3.05, 3.63) is 110 Å². The van der Waals surface area contributed by atoms with Gasteiger partial charge in [0.15, 0.2) is 0 Å². The van der Waals surface area contributed by atoms with Crippen LogP contribution < -0.4 is 0 Å². The molecule has 8 nitrogen and oxygen atoms in total. The molecule has 0 aliphatic carbocycles. The van der Waals surface area contributed by atoms with Gasteiger partial charge in [0, 0.05) is 36.6 Å². The minimum atomic E-state index is -0.868. The number of nitrogens with zero attached hydrogens (tertiary/aromatic N) is 3. The van der Waals surface area contributed by atoms with Gasteiger partial charge in [0.1, 0.15) is 5.76 Å². The highest BCUT2D eigenvalue weighted by Gasteiger charge is 2.46. The summed E-state index contributed by atoms with van der Waals surface area (Å²) >= 11 is 0. The Morgan fingerprint density at radius 2 is 1.82 bits per heavy atom. The molecular weight excluding hydrogens is 422 g/mol. The first kappa shape index (κ1) is 21.9. The van der Waals surface area contributed by atoms with Crippen molar-refractivity contribution in [1.82, 2.24) is 9.88 Å². The Balaban J connectivity index is 1.88. The molecule has 0 saturated carbocycles. The standard InChI is InChI=1S/C25H21N3O5/c1-15-6-7-16(2)19(12-15)14-27-22(17-8-10-26-11-9-17)21(24(30)25(27)31)23(29)18-4-3-5-20(13-18)28(32)33/h3-13,22,29H,14H2,1-2H3/b23-21-. The minimum Gasteiger partial charge on any atom is -0.507 e. The predicted octanol–water partition coefficient (Wildman–Crippen LogP) is 4.23. The number of pyridine rings is 1. The fourth-order valence-electron chi connectivity index (χ4n) is 4.01. The Kier molecular flexibility index (Phi) is 5.74. The summed E-state index contributed by atoms with van der Waals surface area (Å²) in [5, 5.41) is 22.3. The van der Waals surface area contributed by atoms with Crippen LogP contribution in [0.3, 0.4) is 0 Å². The molecule has 0 bridgehead atoms. The summed E-state index contributed by atoms with van der Waals surface area (Å²) in [4.78, 5) is 42.3. The van der Waals surface area contributed by atoms with Crippen LogP contribution in [0.1, 0.15) is 33.9 Å². The lowest BCUT2D eigenvalue weighted by atomic mass is 9.95. The van der Waals surface area contributed by atoms with Crippen molar-refractivity contribution in [2.45, 2.75) is 26.4 Å². The van der Waals surface area contributed by atoms with Crippen LogP contribution in [0.25, 0.3) is 5.76 Å². The molecule has 1 atom stereocenters. The van der Waals surface area contributed by atoms with Crippen molar-refractivity contribution in [3.8, 4) is 0 Å². The topological polar surface area (TPSA) is 114 Å². The number of aliphatic hydroxyl groups is 1. The zero-order valence-electron chi connectivity index (χ0n) is 18.1. The molecule has 0 spiro atoms. The maximum atomic E-state index is 13.1. The van der Waals surface area contributed by atoms with E-state index in [-0.39, 0.29) is 23.4 Å². The number of likely N-dealkylation sites (tertiary alicyclic amines) is 1. The number of benzene rings is 2. The number of non-ortho nitro benzene ring substituents is 1. The summed E-state index contributed by atoms with van der Waals surface area (Å²) in [7, 11) is 0. The van der Waals surface area contributed by atoms with Crippen LogP contribution in [0.5, 0.6) is 0 Å². The number of nitro groups is 1. The number of nitro benzene ring substituents is 1. The van der Waals surface area contributed by atoms with E-state index < -0.39 is 28.4 Å². The molecule has 2 heterocycles. The largest absolute Gasteiger partial charge is 0.507 e.